The van der Waals surface area contributed by atoms with E-state index in [2.05, 4.69) is 21.2 Å². The van der Waals surface area contributed by atoms with E-state index in [1.54, 1.807) is 11.4 Å². The second-order valence-corrected chi connectivity index (χ2v) is 6.99. The van der Waals surface area contributed by atoms with E-state index in [-0.39, 0.29) is 16.5 Å². The number of aliphatic carboxylic acids is 1. The summed E-state index contributed by atoms with van der Waals surface area (Å²) in [7, 11) is 0. The molecule has 8 heteroatoms. The minimum atomic E-state index is -1.21. The maximum absolute atomic E-state index is 13.6. The number of benzene rings is 1. The highest BCUT2D eigenvalue weighted by atomic mass is 79.9. The number of thiophene rings is 1. The molecule has 0 aliphatic carbocycles. The van der Waals surface area contributed by atoms with Crippen LogP contribution in [0.15, 0.2) is 44.1 Å². The minimum absolute atomic E-state index is 0.0391. The molecule has 1 amide bonds. The Morgan fingerprint density at radius 1 is 1.39 bits per heavy atom. The highest BCUT2D eigenvalue weighted by Gasteiger charge is 2.25. The van der Waals surface area contributed by atoms with Gasteiger partial charge in [-0.3, -0.25) is 4.79 Å². The van der Waals surface area contributed by atoms with Crippen molar-refractivity contribution in [2.75, 3.05) is 0 Å². The Hall–Kier alpha value is -2.19. The maximum atomic E-state index is 13.6. The lowest BCUT2D eigenvalue weighted by Gasteiger charge is -2.12. The van der Waals surface area contributed by atoms with E-state index >= 15 is 0 Å². The van der Waals surface area contributed by atoms with E-state index in [4.69, 9.17) is 4.42 Å². The Balaban J connectivity index is 1.92. The molecule has 0 fully saturated rings. The van der Waals surface area contributed by atoms with E-state index < -0.39 is 23.7 Å². The molecular formula is C15H9BrFNO4S. The third-order valence-electron chi connectivity index (χ3n) is 3.24. The second kappa shape index (κ2) is 6.13. The zero-order chi connectivity index (χ0) is 16.6. The zero-order valence-electron chi connectivity index (χ0n) is 11.4. The van der Waals surface area contributed by atoms with Crippen LogP contribution in [0.25, 0.3) is 11.0 Å². The van der Waals surface area contributed by atoms with E-state index in [9.17, 15) is 19.1 Å². The summed E-state index contributed by atoms with van der Waals surface area (Å²) in [6, 6.07) is 4.62. The van der Waals surface area contributed by atoms with Gasteiger partial charge in [0.2, 0.25) is 0 Å². The van der Waals surface area contributed by atoms with Crippen molar-refractivity contribution in [1.29, 1.82) is 0 Å². The van der Waals surface area contributed by atoms with E-state index in [0.717, 1.165) is 10.0 Å². The molecule has 0 saturated heterocycles. The van der Waals surface area contributed by atoms with Crippen molar-refractivity contribution >= 4 is 50.1 Å². The van der Waals surface area contributed by atoms with Gasteiger partial charge in [-0.05, 0) is 39.0 Å². The van der Waals surface area contributed by atoms with Crippen molar-refractivity contribution in [1.82, 2.24) is 5.32 Å². The van der Waals surface area contributed by atoms with Gasteiger partial charge < -0.3 is 14.8 Å². The first-order valence-corrected chi connectivity index (χ1v) is 8.08. The fourth-order valence-electron chi connectivity index (χ4n) is 2.17. The molecule has 1 aromatic carbocycles. The molecule has 2 N–H and O–H groups in total. The summed E-state index contributed by atoms with van der Waals surface area (Å²) in [5.74, 6) is -2.43. The Morgan fingerprint density at radius 3 is 2.83 bits per heavy atom. The van der Waals surface area contributed by atoms with Crippen LogP contribution in [0.2, 0.25) is 0 Å². The maximum Gasteiger partial charge on any atom is 0.330 e. The second-order valence-electron chi connectivity index (χ2n) is 4.69. The Kier molecular flexibility index (Phi) is 4.18. The number of carboxylic acids is 1. The number of rotatable bonds is 4. The number of para-hydroxylation sites is 1. The smallest absolute Gasteiger partial charge is 0.330 e. The van der Waals surface area contributed by atoms with Gasteiger partial charge in [0.25, 0.3) is 5.91 Å². The van der Waals surface area contributed by atoms with Gasteiger partial charge in [-0.15, -0.1) is 11.3 Å². The molecule has 118 valence electrons. The van der Waals surface area contributed by atoms with Crippen molar-refractivity contribution in [3.05, 3.63) is 56.6 Å². The van der Waals surface area contributed by atoms with Crippen molar-refractivity contribution in [3.8, 4) is 0 Å². The van der Waals surface area contributed by atoms with Crippen LogP contribution in [0, 0.1) is 5.82 Å². The van der Waals surface area contributed by atoms with Crippen LogP contribution in [0.3, 0.4) is 0 Å². The molecule has 0 saturated carbocycles. The molecule has 2 aromatic heterocycles. The Labute approximate surface area is 141 Å². The van der Waals surface area contributed by atoms with Crippen LogP contribution in [0.5, 0.6) is 0 Å². The Morgan fingerprint density at radius 2 is 2.17 bits per heavy atom. The number of fused-ring (bicyclic) bond motifs is 1. The van der Waals surface area contributed by atoms with Crippen LogP contribution in [-0.4, -0.2) is 17.0 Å². The number of nitrogens with one attached hydrogen (secondary N) is 1. The molecule has 3 aromatic rings. The van der Waals surface area contributed by atoms with Gasteiger partial charge in [0.1, 0.15) is 6.26 Å². The SMILES string of the molecule is O=C(NC(C(=O)O)c1csc(Br)c1)c1coc2c(F)cccc12. The lowest BCUT2D eigenvalue weighted by atomic mass is 10.1. The normalized spacial score (nSPS) is 12.3. The molecule has 23 heavy (non-hydrogen) atoms. The van der Waals surface area contributed by atoms with Crippen LogP contribution in [0.4, 0.5) is 4.39 Å². The van der Waals surface area contributed by atoms with Crippen molar-refractivity contribution in [2.45, 2.75) is 6.04 Å². The van der Waals surface area contributed by atoms with Gasteiger partial charge in [-0.2, -0.15) is 0 Å². The molecule has 2 heterocycles. The summed E-state index contributed by atoms with van der Waals surface area (Å²) in [6.07, 6.45) is 1.12. The number of furan rings is 1. The third kappa shape index (κ3) is 2.99. The van der Waals surface area contributed by atoms with Crippen LogP contribution >= 0.6 is 27.3 Å². The summed E-state index contributed by atoms with van der Waals surface area (Å²) in [5, 5.41) is 13.7. The molecule has 3 rings (SSSR count). The predicted molar refractivity (Wildman–Crippen MR) is 86.0 cm³/mol. The molecule has 1 atom stereocenters. The number of carbonyl (C=O) groups excluding carboxylic acids is 1. The monoisotopic (exact) mass is 397 g/mol. The van der Waals surface area contributed by atoms with Crippen LogP contribution < -0.4 is 5.32 Å². The van der Waals surface area contributed by atoms with E-state index in [0.29, 0.717) is 5.56 Å². The molecule has 0 aliphatic rings. The fraction of sp³-hybridized carbons (Fsp3) is 0.0667. The lowest BCUT2D eigenvalue weighted by molar-refractivity contribution is -0.139. The number of hydrogen-bond acceptors (Lipinski definition) is 4. The van der Waals surface area contributed by atoms with Crippen molar-refractivity contribution in [3.63, 3.8) is 0 Å². The van der Waals surface area contributed by atoms with Gasteiger partial charge in [0.05, 0.1) is 9.35 Å². The highest BCUT2D eigenvalue weighted by molar-refractivity contribution is 9.11. The molecule has 5 nitrogen and oxygen atoms in total. The molecule has 0 aliphatic heterocycles. The van der Waals surface area contributed by atoms with Crippen LogP contribution in [0.1, 0.15) is 22.0 Å². The Bertz CT molecular complexity index is 904. The quantitative estimate of drug-likeness (QED) is 0.698. The van der Waals surface area contributed by atoms with Gasteiger partial charge in [0, 0.05) is 5.39 Å². The van der Waals surface area contributed by atoms with Gasteiger partial charge >= 0.3 is 5.97 Å². The zero-order valence-corrected chi connectivity index (χ0v) is 13.8. The lowest BCUT2D eigenvalue weighted by Crippen LogP contribution is -2.33. The fourth-order valence-corrected chi connectivity index (χ4v) is 3.37. The van der Waals surface area contributed by atoms with E-state index in [1.807, 2.05) is 0 Å². The van der Waals surface area contributed by atoms with Crippen LogP contribution in [-0.2, 0) is 4.79 Å². The average Bonchev–Trinajstić information content (AvgIpc) is 3.11. The first kappa shape index (κ1) is 15.7. The summed E-state index contributed by atoms with van der Waals surface area (Å²) in [5.41, 5.74) is 0.490. The average molecular weight is 398 g/mol. The molecule has 0 radical (unpaired) electrons. The standard InChI is InChI=1S/C15H9BrFNO4S/c16-11-4-7(6-23-11)12(15(20)21)18-14(19)9-5-22-13-8(9)2-1-3-10(13)17/h1-6,12H,(H,18,19)(H,20,21). The third-order valence-corrected chi connectivity index (χ3v) is 4.76. The summed E-state index contributed by atoms with van der Waals surface area (Å²) >= 11 is 4.56. The largest absolute Gasteiger partial charge is 0.479 e. The topological polar surface area (TPSA) is 79.5 Å². The first-order chi connectivity index (χ1) is 11.0. The summed E-state index contributed by atoms with van der Waals surface area (Å²) < 4.78 is 19.4. The number of carboxylic acid groups (broad SMARTS) is 1. The minimum Gasteiger partial charge on any atom is -0.479 e. The number of amides is 1. The number of hydrogen-bond donors (Lipinski definition) is 2. The summed E-state index contributed by atoms with van der Waals surface area (Å²) in [4.78, 5) is 23.8. The van der Waals surface area contributed by atoms with Gasteiger partial charge in [-0.1, -0.05) is 12.1 Å². The first-order valence-electron chi connectivity index (χ1n) is 6.40. The number of halogens is 2. The van der Waals surface area contributed by atoms with Gasteiger partial charge in [0.15, 0.2) is 17.4 Å². The molecule has 1 unspecified atom stereocenters. The summed E-state index contributed by atoms with van der Waals surface area (Å²) in [6.45, 7) is 0. The molecule has 0 bridgehead atoms. The number of carbonyl (C=O) groups is 2. The molecular weight excluding hydrogens is 389 g/mol. The predicted octanol–water partition coefficient (Wildman–Crippen LogP) is 3.95. The van der Waals surface area contributed by atoms with Crippen molar-refractivity contribution in [2.24, 2.45) is 0 Å². The highest BCUT2D eigenvalue weighted by Crippen LogP contribution is 2.27. The van der Waals surface area contributed by atoms with Gasteiger partial charge in [-0.25, -0.2) is 9.18 Å². The molecule has 0 spiro atoms. The van der Waals surface area contributed by atoms with E-state index in [1.165, 1.54) is 29.5 Å². The van der Waals surface area contributed by atoms with Crippen molar-refractivity contribution < 1.29 is 23.5 Å².